The number of carbonyl (C=O) groups excluding carboxylic acids is 5. The summed E-state index contributed by atoms with van der Waals surface area (Å²) in [4.78, 5) is 70.1. The van der Waals surface area contributed by atoms with Crippen molar-refractivity contribution in [3.8, 4) is 0 Å². The van der Waals surface area contributed by atoms with Gasteiger partial charge in [-0.05, 0) is 38.2 Å². The lowest BCUT2D eigenvalue weighted by atomic mass is 9.94. The Kier molecular flexibility index (Phi) is 12.6. The summed E-state index contributed by atoms with van der Waals surface area (Å²) in [6.45, 7) is 7.11. The van der Waals surface area contributed by atoms with E-state index in [-0.39, 0.29) is 37.7 Å². The van der Waals surface area contributed by atoms with Crippen LogP contribution >= 0.6 is 0 Å². The van der Waals surface area contributed by atoms with E-state index in [9.17, 15) is 24.0 Å². The van der Waals surface area contributed by atoms with Crippen LogP contribution in [-0.2, 0) is 24.0 Å². The molecule has 0 aromatic heterocycles. The van der Waals surface area contributed by atoms with Crippen molar-refractivity contribution in [2.75, 3.05) is 20.1 Å². The molecule has 4 atom stereocenters. The van der Waals surface area contributed by atoms with Gasteiger partial charge in [0.25, 0.3) is 0 Å². The molecule has 1 aliphatic rings. The highest BCUT2D eigenvalue weighted by Crippen LogP contribution is 2.17. The molecule has 13 heteroatoms. The van der Waals surface area contributed by atoms with E-state index in [2.05, 4.69) is 36.9 Å². The van der Waals surface area contributed by atoms with E-state index in [0.29, 0.717) is 18.5 Å². The molecule has 0 bridgehead atoms. The fourth-order valence-corrected chi connectivity index (χ4v) is 4.19. The summed E-state index contributed by atoms with van der Waals surface area (Å²) in [6, 6.07) is 5.72. The fraction of sp³-hybridized carbons (Fsp3) is 0.571. The van der Waals surface area contributed by atoms with E-state index in [1.54, 1.807) is 65.1 Å². The van der Waals surface area contributed by atoms with Crippen LogP contribution in [0.4, 0.5) is 0 Å². The predicted octanol–water partition coefficient (Wildman–Crippen LogP) is -0.411. The number of benzene rings is 1. The zero-order chi connectivity index (χ0) is 30.6. The Labute approximate surface area is 241 Å². The summed E-state index contributed by atoms with van der Waals surface area (Å²) in [7, 11) is 1.54. The fourth-order valence-electron chi connectivity index (χ4n) is 4.19. The molecule has 1 aromatic rings. The molecule has 41 heavy (non-hydrogen) atoms. The van der Waals surface area contributed by atoms with Crippen molar-refractivity contribution in [2.45, 2.75) is 77.0 Å². The van der Waals surface area contributed by atoms with E-state index in [1.807, 2.05) is 0 Å². The number of aliphatic imine (C=N–C) groups is 1. The van der Waals surface area contributed by atoms with Gasteiger partial charge < -0.3 is 37.6 Å². The second-order valence-corrected chi connectivity index (χ2v) is 10.5. The van der Waals surface area contributed by atoms with E-state index in [4.69, 9.17) is 5.73 Å². The SMILES string of the molecule is CCC1NC(=O)C(CCCNC(N)=NC)NC(=O)[C@](C)(NC(=O)C(C)C)CCNC(=O)C(c2ccccc2)NC1=O. The number of amides is 5. The largest absolute Gasteiger partial charge is 0.370 e. The van der Waals surface area contributed by atoms with E-state index >= 15 is 0 Å². The Bertz CT molecular complexity index is 1110. The van der Waals surface area contributed by atoms with Crippen LogP contribution in [0.1, 0.15) is 65.0 Å². The average molecular weight is 573 g/mol. The number of rotatable bonds is 8. The van der Waals surface area contributed by atoms with Crippen LogP contribution in [0, 0.1) is 5.92 Å². The Morgan fingerprint density at radius 1 is 1.05 bits per heavy atom. The molecule has 0 saturated carbocycles. The minimum atomic E-state index is -1.44. The van der Waals surface area contributed by atoms with Crippen molar-refractivity contribution in [3.05, 3.63) is 35.9 Å². The molecule has 226 valence electrons. The maximum atomic E-state index is 13.6. The first kappa shape index (κ1) is 33.0. The first-order valence-electron chi connectivity index (χ1n) is 13.9. The Hall–Kier alpha value is -4.16. The molecule has 5 amide bonds. The molecule has 1 aromatic carbocycles. The van der Waals surface area contributed by atoms with Crippen molar-refractivity contribution in [3.63, 3.8) is 0 Å². The highest BCUT2D eigenvalue weighted by Gasteiger charge is 2.38. The van der Waals surface area contributed by atoms with Crippen LogP contribution in [-0.4, -0.2) is 73.3 Å². The van der Waals surface area contributed by atoms with Gasteiger partial charge in [-0.15, -0.1) is 0 Å². The zero-order valence-corrected chi connectivity index (χ0v) is 24.5. The second kappa shape index (κ2) is 15.6. The van der Waals surface area contributed by atoms with Gasteiger partial charge in [0, 0.05) is 26.1 Å². The van der Waals surface area contributed by atoms with Gasteiger partial charge in [0.15, 0.2) is 5.96 Å². The maximum absolute atomic E-state index is 13.6. The van der Waals surface area contributed by atoms with Crippen molar-refractivity contribution in [1.82, 2.24) is 31.9 Å². The van der Waals surface area contributed by atoms with Gasteiger partial charge >= 0.3 is 0 Å². The third-order valence-corrected chi connectivity index (χ3v) is 6.91. The van der Waals surface area contributed by atoms with Crippen LogP contribution in [0.15, 0.2) is 35.3 Å². The van der Waals surface area contributed by atoms with E-state index < -0.39 is 53.2 Å². The van der Waals surface area contributed by atoms with Crippen LogP contribution in [0.25, 0.3) is 0 Å². The molecule has 8 N–H and O–H groups in total. The summed E-state index contributed by atoms with van der Waals surface area (Å²) >= 11 is 0. The molecule has 2 rings (SSSR count). The summed E-state index contributed by atoms with van der Waals surface area (Å²) in [5, 5.41) is 16.7. The molecule has 1 aliphatic heterocycles. The summed E-state index contributed by atoms with van der Waals surface area (Å²) < 4.78 is 0. The minimum absolute atomic E-state index is 0.0218. The van der Waals surface area contributed by atoms with Gasteiger partial charge in [0.2, 0.25) is 29.5 Å². The molecule has 3 unspecified atom stereocenters. The monoisotopic (exact) mass is 572 g/mol. The quantitative estimate of drug-likeness (QED) is 0.125. The topological polar surface area (TPSA) is 196 Å². The third-order valence-electron chi connectivity index (χ3n) is 6.91. The van der Waals surface area contributed by atoms with Crippen molar-refractivity contribution in [1.29, 1.82) is 0 Å². The second-order valence-electron chi connectivity index (χ2n) is 10.5. The molecule has 0 aliphatic carbocycles. The lowest BCUT2D eigenvalue weighted by molar-refractivity contribution is -0.138. The standard InChI is InChI=1S/C28H44N8O5/c1-6-19-23(38)35-21(18-11-8-7-9-12-18)25(40)31-16-14-28(4,36-22(37)17(2)3)26(41)34-20(24(39)33-19)13-10-15-32-27(29)30-5/h7-9,11-12,17,19-21H,6,10,13-16H2,1-5H3,(H,31,40)(H,33,39)(H,34,41)(H,35,38)(H,36,37)(H3,29,30,32)/t19?,20?,21?,28-/m1/s1. The van der Waals surface area contributed by atoms with Gasteiger partial charge in [-0.1, -0.05) is 51.1 Å². The number of carbonyl (C=O) groups is 5. The van der Waals surface area contributed by atoms with E-state index in [1.165, 1.54) is 0 Å². The number of hydrogen-bond donors (Lipinski definition) is 7. The van der Waals surface area contributed by atoms with Crippen LogP contribution in [0.3, 0.4) is 0 Å². The van der Waals surface area contributed by atoms with Gasteiger partial charge in [0.1, 0.15) is 23.7 Å². The molecule has 0 spiro atoms. The lowest BCUT2D eigenvalue weighted by Gasteiger charge is -2.33. The van der Waals surface area contributed by atoms with Gasteiger partial charge in [-0.2, -0.15) is 0 Å². The number of hydrogen-bond acceptors (Lipinski definition) is 6. The van der Waals surface area contributed by atoms with Gasteiger partial charge in [-0.25, -0.2) is 0 Å². The van der Waals surface area contributed by atoms with Crippen molar-refractivity contribution < 1.29 is 24.0 Å². The molecule has 1 heterocycles. The van der Waals surface area contributed by atoms with Crippen LogP contribution < -0.4 is 37.6 Å². The number of nitrogens with one attached hydrogen (secondary N) is 6. The number of nitrogens with two attached hydrogens (primary N) is 1. The van der Waals surface area contributed by atoms with E-state index in [0.717, 1.165) is 0 Å². The number of nitrogens with zero attached hydrogens (tertiary/aromatic N) is 1. The highest BCUT2D eigenvalue weighted by atomic mass is 16.2. The molecule has 0 radical (unpaired) electrons. The first-order chi connectivity index (χ1) is 19.4. The van der Waals surface area contributed by atoms with Crippen LogP contribution in [0.5, 0.6) is 0 Å². The Morgan fingerprint density at radius 3 is 2.32 bits per heavy atom. The van der Waals surface area contributed by atoms with Crippen molar-refractivity contribution in [2.24, 2.45) is 16.6 Å². The molecular weight excluding hydrogens is 528 g/mol. The zero-order valence-electron chi connectivity index (χ0n) is 24.5. The highest BCUT2D eigenvalue weighted by molar-refractivity contribution is 5.97. The molecule has 1 fully saturated rings. The lowest BCUT2D eigenvalue weighted by Crippen LogP contribution is -2.63. The minimum Gasteiger partial charge on any atom is -0.370 e. The van der Waals surface area contributed by atoms with Crippen LogP contribution in [0.2, 0.25) is 0 Å². The Morgan fingerprint density at radius 2 is 1.71 bits per heavy atom. The third kappa shape index (κ3) is 9.76. The summed E-state index contributed by atoms with van der Waals surface area (Å²) in [6.07, 6.45) is 0.944. The number of guanidine groups is 1. The average Bonchev–Trinajstić information content (AvgIpc) is 2.95. The normalized spacial score (nSPS) is 24.8. The summed E-state index contributed by atoms with van der Waals surface area (Å²) in [5.74, 6) is -2.68. The smallest absolute Gasteiger partial charge is 0.247 e. The van der Waals surface area contributed by atoms with Gasteiger partial charge in [-0.3, -0.25) is 29.0 Å². The Balaban J connectivity index is 2.43. The molecule has 13 nitrogen and oxygen atoms in total. The first-order valence-corrected chi connectivity index (χ1v) is 13.9. The summed E-state index contributed by atoms with van der Waals surface area (Å²) in [5.41, 5.74) is 4.80. The molecule has 1 saturated heterocycles. The van der Waals surface area contributed by atoms with Gasteiger partial charge in [0.05, 0.1) is 0 Å². The predicted molar refractivity (Wildman–Crippen MR) is 155 cm³/mol. The molecular formula is C28H44N8O5. The van der Waals surface area contributed by atoms with Crippen molar-refractivity contribution >= 4 is 35.5 Å². The maximum Gasteiger partial charge on any atom is 0.247 e.